The Morgan fingerprint density at radius 3 is 2.26 bits per heavy atom. The monoisotopic (exact) mass is 310 g/mol. The predicted molar refractivity (Wildman–Crippen MR) is 82.3 cm³/mol. The van der Waals surface area contributed by atoms with Crippen LogP contribution in [0.3, 0.4) is 0 Å². The molecule has 0 bridgehead atoms. The molecule has 0 aliphatic rings. The fourth-order valence-corrected chi connectivity index (χ4v) is 2.51. The zero-order valence-corrected chi connectivity index (χ0v) is 12.9. The zero-order chi connectivity index (χ0) is 17.0. The number of carbonyl (C=O) groups excluding carboxylic acids is 1. The van der Waals surface area contributed by atoms with E-state index in [0.717, 1.165) is 11.4 Å². The van der Waals surface area contributed by atoms with E-state index in [1.807, 2.05) is 23.6 Å². The molecule has 0 aliphatic heterocycles. The van der Waals surface area contributed by atoms with E-state index < -0.39 is 0 Å². The van der Waals surface area contributed by atoms with Crippen LogP contribution in [-0.2, 0) is 0 Å². The van der Waals surface area contributed by atoms with E-state index in [2.05, 4.69) is 0 Å². The van der Waals surface area contributed by atoms with E-state index in [-0.39, 0.29) is 24.8 Å². The van der Waals surface area contributed by atoms with Crippen LogP contribution in [-0.4, -0.2) is 28.5 Å². The van der Waals surface area contributed by atoms with Crippen LogP contribution in [0.25, 0.3) is 5.69 Å². The van der Waals surface area contributed by atoms with E-state index in [4.69, 9.17) is 10.5 Å². The summed E-state index contributed by atoms with van der Waals surface area (Å²) in [5.74, 6) is -0.698. The normalized spacial score (nSPS) is 9.96. The molecule has 6 heteroatoms. The lowest BCUT2D eigenvalue weighted by molar-refractivity contribution is 0.0794. The second kappa shape index (κ2) is 6.76. The van der Waals surface area contributed by atoms with Crippen LogP contribution in [0.5, 0.6) is 0 Å². The molecule has 5 nitrogen and oxygen atoms in total. The molecule has 2 aromatic rings. The molecule has 0 saturated heterocycles. The molecule has 1 heterocycles. The van der Waals surface area contributed by atoms with Gasteiger partial charge in [-0.1, -0.05) is 0 Å². The smallest absolute Gasteiger partial charge is 0.257 e. The van der Waals surface area contributed by atoms with E-state index in [1.54, 1.807) is 25.1 Å². The van der Waals surface area contributed by atoms with Crippen LogP contribution < -0.4 is 0 Å². The molecule has 1 aromatic carbocycles. The number of nitriles is 2. The van der Waals surface area contributed by atoms with Crippen molar-refractivity contribution in [1.29, 1.82) is 10.5 Å². The quantitative estimate of drug-likeness (QED) is 0.815. The number of amides is 1. The Bertz CT molecular complexity index is 793. The molecule has 2 rings (SSSR count). The Balaban J connectivity index is 2.45. The van der Waals surface area contributed by atoms with Crippen LogP contribution in [0.1, 0.15) is 21.7 Å². The largest absolute Gasteiger partial charge is 0.318 e. The summed E-state index contributed by atoms with van der Waals surface area (Å²) < 4.78 is 14.9. The van der Waals surface area contributed by atoms with E-state index in [0.29, 0.717) is 11.3 Å². The SMILES string of the molecule is Cc1cc(C(=O)N(CC#N)CC#N)c(C)n1-c1ccc(F)cc1. The molecular formula is C17H15FN4O. The minimum Gasteiger partial charge on any atom is -0.318 e. The number of aryl methyl sites for hydroxylation is 1. The molecule has 0 radical (unpaired) electrons. The van der Waals surface area contributed by atoms with Gasteiger partial charge in [0.2, 0.25) is 0 Å². The molecule has 0 fully saturated rings. The van der Waals surface area contributed by atoms with Gasteiger partial charge in [0, 0.05) is 17.1 Å². The van der Waals surface area contributed by atoms with Crippen molar-refractivity contribution in [2.24, 2.45) is 0 Å². The van der Waals surface area contributed by atoms with Crippen molar-refractivity contribution in [1.82, 2.24) is 9.47 Å². The van der Waals surface area contributed by atoms with Crippen molar-refractivity contribution >= 4 is 5.91 Å². The molecule has 0 aliphatic carbocycles. The molecular weight excluding hydrogens is 295 g/mol. The first kappa shape index (κ1) is 16.3. The minimum absolute atomic E-state index is 0.146. The van der Waals surface area contributed by atoms with E-state index >= 15 is 0 Å². The van der Waals surface area contributed by atoms with Crippen LogP contribution in [0, 0.1) is 42.3 Å². The highest BCUT2D eigenvalue weighted by atomic mass is 19.1. The van der Waals surface area contributed by atoms with Gasteiger partial charge in [0.05, 0.1) is 17.7 Å². The van der Waals surface area contributed by atoms with Crippen LogP contribution in [0.4, 0.5) is 4.39 Å². The standard InChI is InChI=1S/C17H15FN4O/c1-12-11-16(17(23)21(9-7-19)10-8-20)13(2)22(12)15-5-3-14(18)4-6-15/h3-6,11H,9-10H2,1-2H3. The van der Waals surface area contributed by atoms with Crippen molar-refractivity contribution in [3.8, 4) is 17.8 Å². The Morgan fingerprint density at radius 1 is 1.17 bits per heavy atom. The number of rotatable bonds is 4. The van der Waals surface area contributed by atoms with Gasteiger partial charge in [0.25, 0.3) is 5.91 Å². The van der Waals surface area contributed by atoms with Gasteiger partial charge in [0.1, 0.15) is 18.9 Å². The minimum atomic E-state index is -0.366. The molecule has 0 saturated carbocycles. The molecule has 1 aromatic heterocycles. The van der Waals surface area contributed by atoms with Gasteiger partial charge in [-0.15, -0.1) is 0 Å². The van der Waals surface area contributed by atoms with Gasteiger partial charge in [-0.05, 0) is 44.2 Å². The average Bonchev–Trinajstić information content (AvgIpc) is 2.82. The topological polar surface area (TPSA) is 72.8 Å². The molecule has 116 valence electrons. The summed E-state index contributed by atoms with van der Waals surface area (Å²) in [5.41, 5.74) is 2.66. The summed E-state index contributed by atoms with van der Waals surface area (Å²) in [5, 5.41) is 17.6. The Kier molecular flexibility index (Phi) is 4.78. The summed E-state index contributed by atoms with van der Waals surface area (Å²) in [4.78, 5) is 13.7. The third kappa shape index (κ3) is 3.22. The van der Waals surface area contributed by atoms with Gasteiger partial charge < -0.3 is 9.47 Å². The van der Waals surface area contributed by atoms with Crippen molar-refractivity contribution in [2.45, 2.75) is 13.8 Å². The number of hydrogen-bond donors (Lipinski definition) is 0. The second-order valence-corrected chi connectivity index (χ2v) is 5.07. The second-order valence-electron chi connectivity index (χ2n) is 5.07. The van der Waals surface area contributed by atoms with Gasteiger partial charge in [-0.25, -0.2) is 4.39 Å². The average molecular weight is 310 g/mol. The van der Waals surface area contributed by atoms with Crippen molar-refractivity contribution in [3.63, 3.8) is 0 Å². The predicted octanol–water partition coefficient (Wildman–Crippen LogP) is 2.72. The van der Waals surface area contributed by atoms with Gasteiger partial charge in [-0.2, -0.15) is 10.5 Å². The summed E-state index contributed by atoms with van der Waals surface area (Å²) in [6.45, 7) is 3.33. The number of hydrogen-bond acceptors (Lipinski definition) is 3. The molecule has 23 heavy (non-hydrogen) atoms. The number of benzene rings is 1. The molecule has 0 atom stereocenters. The Labute approximate surface area is 133 Å². The van der Waals surface area contributed by atoms with Crippen LogP contribution in [0.15, 0.2) is 30.3 Å². The third-order valence-electron chi connectivity index (χ3n) is 3.56. The lowest BCUT2D eigenvalue weighted by Gasteiger charge is -2.16. The zero-order valence-electron chi connectivity index (χ0n) is 12.9. The van der Waals surface area contributed by atoms with Crippen molar-refractivity contribution < 1.29 is 9.18 Å². The summed E-state index contributed by atoms with van der Waals surface area (Å²) >= 11 is 0. The number of halogens is 1. The number of carbonyl (C=O) groups is 1. The molecule has 0 unspecified atom stereocenters. The summed E-state index contributed by atoms with van der Waals surface area (Å²) in [7, 11) is 0. The lowest BCUT2D eigenvalue weighted by atomic mass is 10.2. The van der Waals surface area contributed by atoms with Crippen molar-refractivity contribution in [3.05, 3.63) is 53.1 Å². The maximum absolute atomic E-state index is 13.1. The van der Waals surface area contributed by atoms with Gasteiger partial charge in [-0.3, -0.25) is 4.79 Å². The Hall–Kier alpha value is -3.12. The Morgan fingerprint density at radius 2 is 1.74 bits per heavy atom. The van der Waals surface area contributed by atoms with Gasteiger partial charge >= 0.3 is 0 Å². The first-order chi connectivity index (χ1) is 11.0. The highest BCUT2D eigenvalue weighted by Crippen LogP contribution is 2.22. The van der Waals surface area contributed by atoms with E-state index in [1.165, 1.54) is 17.0 Å². The van der Waals surface area contributed by atoms with E-state index in [9.17, 15) is 9.18 Å². The highest BCUT2D eigenvalue weighted by molar-refractivity contribution is 5.96. The molecule has 0 spiro atoms. The first-order valence-electron chi connectivity index (χ1n) is 6.97. The summed E-state index contributed by atoms with van der Waals surface area (Å²) in [6, 6.07) is 11.5. The van der Waals surface area contributed by atoms with Gasteiger partial charge in [0.15, 0.2) is 0 Å². The van der Waals surface area contributed by atoms with Crippen LogP contribution in [0.2, 0.25) is 0 Å². The number of aromatic nitrogens is 1. The summed E-state index contributed by atoms with van der Waals surface area (Å²) in [6.07, 6.45) is 0. The molecule has 1 amide bonds. The highest BCUT2D eigenvalue weighted by Gasteiger charge is 2.21. The van der Waals surface area contributed by atoms with Crippen LogP contribution >= 0.6 is 0 Å². The lowest BCUT2D eigenvalue weighted by Crippen LogP contribution is -2.32. The maximum atomic E-state index is 13.1. The third-order valence-corrected chi connectivity index (χ3v) is 3.56. The molecule has 0 N–H and O–H groups in total. The fraction of sp³-hybridized carbons (Fsp3) is 0.235. The first-order valence-corrected chi connectivity index (χ1v) is 6.97. The number of nitrogens with zero attached hydrogens (tertiary/aromatic N) is 4. The maximum Gasteiger partial charge on any atom is 0.257 e. The fourth-order valence-electron chi connectivity index (χ4n) is 2.51. The van der Waals surface area contributed by atoms with Crippen molar-refractivity contribution in [2.75, 3.05) is 13.1 Å².